The minimum atomic E-state index is -5.54. The molecule has 182 valence electrons. The van der Waals surface area contributed by atoms with Crippen LogP contribution in [0.2, 0.25) is 0 Å². The van der Waals surface area contributed by atoms with Crippen molar-refractivity contribution < 1.29 is 101 Å². The van der Waals surface area contributed by atoms with Crippen LogP contribution in [-0.4, -0.2) is 30.6 Å². The Morgan fingerprint density at radius 3 is 2.30 bits per heavy atom. The molecule has 8 nitrogen and oxygen atoms in total. The van der Waals surface area contributed by atoms with Crippen molar-refractivity contribution in [3.05, 3.63) is 0 Å². The summed E-state index contributed by atoms with van der Waals surface area (Å²) in [7, 11) is -8.09. The van der Waals surface area contributed by atoms with Crippen LogP contribution in [0.4, 0.5) is 0 Å². The van der Waals surface area contributed by atoms with Crippen molar-refractivity contribution in [1.29, 1.82) is 0 Å². The normalized spacial score (nSPS) is 48.8. The molecule has 4 rings (SSSR count). The van der Waals surface area contributed by atoms with Gasteiger partial charge in [-0.15, -0.1) is 0 Å². The molecule has 0 aromatic heterocycles. The van der Waals surface area contributed by atoms with E-state index in [9.17, 15) is 22.8 Å². The third kappa shape index (κ3) is 6.42. The molecule has 9 atom stereocenters. The molecule has 4 aliphatic rings. The Morgan fingerprint density at radius 1 is 1.06 bits per heavy atom. The maximum absolute atomic E-state index is 11.5. The molecule has 33 heavy (non-hydrogen) atoms. The van der Waals surface area contributed by atoms with Gasteiger partial charge in [-0.25, -0.2) is 8.42 Å². The first-order valence-electron chi connectivity index (χ1n) is 13.3. The summed E-state index contributed by atoms with van der Waals surface area (Å²) in [5.74, 6) is -1.47. The van der Waals surface area contributed by atoms with Crippen molar-refractivity contribution in [2.24, 2.45) is 40.4 Å². The first-order valence-corrected chi connectivity index (χ1v) is 13.1. The molecule has 0 saturated heterocycles. The minimum Gasteiger partial charge on any atom is -0.870 e. The summed E-state index contributed by atoms with van der Waals surface area (Å²) in [5, 5.41) is 0. The molecule has 2 unspecified atom stereocenters. The van der Waals surface area contributed by atoms with Crippen molar-refractivity contribution in [2.75, 3.05) is 0 Å². The summed E-state index contributed by atoms with van der Waals surface area (Å²) in [4.78, 5) is 0. The zero-order valence-corrected chi connectivity index (χ0v) is 25.5. The fourth-order valence-electron chi connectivity index (χ4n) is 7.76. The van der Waals surface area contributed by atoms with Crippen LogP contribution in [0.25, 0.3) is 0 Å². The Hall–Kier alpha value is 1.74. The van der Waals surface area contributed by atoms with E-state index in [1.807, 2.05) is 0 Å². The van der Waals surface area contributed by atoms with E-state index >= 15 is 0 Å². The predicted molar refractivity (Wildman–Crippen MR) is 111 cm³/mol. The fraction of sp³-hybridized carbons (Fsp3) is 1.00. The zero-order valence-electron chi connectivity index (χ0n) is 24.9. The Morgan fingerprint density at radius 2 is 1.70 bits per heavy atom. The third-order valence-electron chi connectivity index (χ3n) is 9.08. The van der Waals surface area contributed by atoms with Gasteiger partial charge < -0.3 is 22.6 Å². The first-order chi connectivity index (χ1) is 15.9. The standard InChI is InChI=1S/C21H35O7S2.2Na.H2O/c1-13(28-30(24,25)26)17-6-7-18-16-5-4-14-12-15(27-29(22)23)8-10-20(14,2)19(16)9-11-21(17,18)3;;;/h13-19H,4-12H2,1-3H3,(H,24,25,26);;;1H2/q-1;2*+1;/p-2/t13?,14?,15-,16-,17+,18-,19-,20-,21+;;;/m0.../s1/i1D3,13D,17D;;;. The molecule has 0 heterocycles. The molecule has 0 bridgehead atoms. The van der Waals surface area contributed by atoms with Crippen LogP contribution < -0.4 is 59.1 Å². The summed E-state index contributed by atoms with van der Waals surface area (Å²) in [6.45, 7) is 0.700. The summed E-state index contributed by atoms with van der Waals surface area (Å²) in [5.41, 5.74) is -1.06. The minimum absolute atomic E-state index is 0. The average molecular weight is 531 g/mol. The monoisotopic (exact) mass is 530 g/mol. The second-order valence-corrected chi connectivity index (χ2v) is 11.7. The first kappa shape index (κ1) is 25.0. The predicted octanol–water partition coefficient (Wildman–Crippen LogP) is -2.05. The quantitative estimate of drug-likeness (QED) is 0.171. The maximum Gasteiger partial charge on any atom is 1.00 e. The van der Waals surface area contributed by atoms with Gasteiger partial charge in [0.15, 0.2) is 0 Å². The van der Waals surface area contributed by atoms with E-state index < -0.39 is 45.6 Å². The second-order valence-electron chi connectivity index (χ2n) is 10.1. The van der Waals surface area contributed by atoms with E-state index in [0.717, 1.165) is 19.3 Å². The molecule has 0 aromatic carbocycles. The average Bonchev–Trinajstić information content (AvgIpc) is 2.98. The molecule has 12 heteroatoms. The molecule has 4 fully saturated rings. The largest absolute Gasteiger partial charge is 1.00 e. The molecule has 0 aromatic rings. The Labute approximate surface area is 251 Å². The number of hydrogen-bond acceptors (Lipinski definition) is 9. The summed E-state index contributed by atoms with van der Waals surface area (Å²) >= 11 is 0. The molecular weight excluding hydrogens is 490 g/mol. The number of rotatable bonds is 5. The SMILES string of the molecule is [2H]C([2H])([2H])C([2H])(OS(=O)(=O)[O-])[C@@]1([2H])CC[C@H]2[C@@H]3CCC4C[C@@H](O[S-](=O)=O)CC[C@]4(C)[C@H]3CC[C@@]21C.[Na+].[Na+].[OH-]. The molecule has 0 aliphatic heterocycles. The molecule has 4 aliphatic carbocycles. The van der Waals surface area contributed by atoms with Crippen LogP contribution in [0.15, 0.2) is 0 Å². The fourth-order valence-corrected chi connectivity index (χ4v) is 8.46. The van der Waals surface area contributed by atoms with Crippen LogP contribution in [-0.2, 0) is 38.2 Å². The maximum atomic E-state index is 11.5. The van der Waals surface area contributed by atoms with Gasteiger partial charge in [-0.2, -0.15) is 0 Å². The molecular formula is C21H35Na2O8S2-. The van der Waals surface area contributed by atoms with E-state index in [4.69, 9.17) is 9.67 Å². The van der Waals surface area contributed by atoms with Gasteiger partial charge in [0.05, 0.1) is 18.4 Å². The van der Waals surface area contributed by atoms with Gasteiger partial charge in [0.2, 0.25) is 10.4 Å². The van der Waals surface area contributed by atoms with Crippen molar-refractivity contribution in [2.45, 2.75) is 90.7 Å². The van der Waals surface area contributed by atoms with Crippen LogP contribution in [0.1, 0.15) is 85.3 Å². The molecule has 0 spiro atoms. The van der Waals surface area contributed by atoms with Gasteiger partial charge in [-0.05, 0) is 105 Å². The van der Waals surface area contributed by atoms with Crippen molar-refractivity contribution >= 4 is 21.4 Å². The van der Waals surface area contributed by atoms with E-state index in [1.165, 1.54) is 0 Å². The third-order valence-corrected chi connectivity index (χ3v) is 9.88. The van der Waals surface area contributed by atoms with E-state index in [1.54, 1.807) is 6.92 Å². The smallest absolute Gasteiger partial charge is 0.870 e. The van der Waals surface area contributed by atoms with Gasteiger partial charge in [-0.1, -0.05) is 13.8 Å². The van der Waals surface area contributed by atoms with E-state index in [2.05, 4.69) is 11.1 Å². The van der Waals surface area contributed by atoms with E-state index in [-0.39, 0.29) is 100 Å². The molecule has 0 amide bonds. The Kier molecular flexibility index (Phi) is 9.16. The second kappa shape index (κ2) is 12.1. The van der Waals surface area contributed by atoms with Crippen LogP contribution in [0.5, 0.6) is 0 Å². The van der Waals surface area contributed by atoms with Crippen molar-refractivity contribution in [3.63, 3.8) is 0 Å². The van der Waals surface area contributed by atoms with Crippen LogP contribution in [0.3, 0.4) is 0 Å². The van der Waals surface area contributed by atoms with Gasteiger partial charge in [0, 0.05) is 11.6 Å². The summed E-state index contributed by atoms with van der Waals surface area (Å²) in [6, 6.07) is 0. The number of hydrogen-bond donors (Lipinski definition) is 0. The Bertz CT molecular complexity index is 1040. The van der Waals surface area contributed by atoms with Crippen LogP contribution >= 0.6 is 0 Å². The summed E-state index contributed by atoms with van der Waals surface area (Å²) < 4.78 is 108. The molecule has 4 saturated carbocycles. The van der Waals surface area contributed by atoms with Gasteiger partial charge in [-0.3, -0.25) is 4.18 Å². The zero-order chi connectivity index (χ0) is 26.2. The van der Waals surface area contributed by atoms with Crippen molar-refractivity contribution in [3.8, 4) is 0 Å². The van der Waals surface area contributed by atoms with E-state index in [0.29, 0.717) is 38.0 Å². The van der Waals surface area contributed by atoms with Gasteiger partial charge in [0.1, 0.15) is 0 Å². The Balaban J connectivity index is 0.00000241. The molecule has 1 N–H and O–H groups in total. The number of fused-ring (bicyclic) bond motifs is 5. The van der Waals surface area contributed by atoms with Crippen LogP contribution in [0, 0.1) is 40.4 Å². The molecule has 0 radical (unpaired) electrons. The van der Waals surface area contributed by atoms with Gasteiger partial charge >= 0.3 is 59.1 Å². The van der Waals surface area contributed by atoms with Crippen molar-refractivity contribution in [1.82, 2.24) is 0 Å². The van der Waals surface area contributed by atoms with Gasteiger partial charge in [0.25, 0.3) is 0 Å². The summed E-state index contributed by atoms with van der Waals surface area (Å²) in [6.07, 6.45) is 1.80. The topological polar surface area (TPSA) is 140 Å².